The molecule has 0 aliphatic heterocycles. The van der Waals surface area contributed by atoms with Gasteiger partial charge in [0.2, 0.25) is 0 Å². The van der Waals surface area contributed by atoms with Crippen LogP contribution >= 0.6 is 27.3 Å². The van der Waals surface area contributed by atoms with E-state index in [4.69, 9.17) is 5.73 Å². The van der Waals surface area contributed by atoms with Gasteiger partial charge in [-0.25, -0.2) is 9.67 Å². The molecular formula is C9H11BrN4S. The molecule has 0 radical (unpaired) electrons. The van der Waals surface area contributed by atoms with Crippen LogP contribution in [-0.4, -0.2) is 21.3 Å². The first kappa shape index (κ1) is 10.8. The predicted octanol–water partition coefficient (Wildman–Crippen LogP) is 1.81. The Bertz CT molecular complexity index is 462. The molecule has 0 saturated heterocycles. The summed E-state index contributed by atoms with van der Waals surface area (Å²) < 4.78 is 2.87. The van der Waals surface area contributed by atoms with Crippen molar-refractivity contribution in [2.24, 2.45) is 12.8 Å². The monoisotopic (exact) mass is 286 g/mol. The van der Waals surface area contributed by atoms with Gasteiger partial charge in [-0.1, -0.05) is 0 Å². The van der Waals surface area contributed by atoms with Crippen LogP contribution in [0.3, 0.4) is 0 Å². The first-order valence-corrected chi connectivity index (χ1v) is 6.22. The van der Waals surface area contributed by atoms with E-state index in [1.54, 1.807) is 16.0 Å². The quantitative estimate of drug-likeness (QED) is 0.936. The van der Waals surface area contributed by atoms with Gasteiger partial charge in [0.15, 0.2) is 11.6 Å². The average Bonchev–Trinajstić information content (AvgIpc) is 2.73. The maximum atomic E-state index is 5.47. The summed E-state index contributed by atoms with van der Waals surface area (Å²) in [6.07, 6.45) is 0.723. The second-order valence-corrected chi connectivity index (χ2v) is 4.97. The Labute approximate surface area is 100 Å². The van der Waals surface area contributed by atoms with Gasteiger partial charge in [-0.3, -0.25) is 0 Å². The lowest BCUT2D eigenvalue weighted by Crippen LogP contribution is -2.04. The number of rotatable bonds is 3. The van der Waals surface area contributed by atoms with Crippen LogP contribution in [0, 0.1) is 0 Å². The van der Waals surface area contributed by atoms with E-state index >= 15 is 0 Å². The van der Waals surface area contributed by atoms with Crippen LogP contribution in [-0.2, 0) is 13.5 Å². The lowest BCUT2D eigenvalue weighted by atomic mass is 10.4. The van der Waals surface area contributed by atoms with E-state index in [1.807, 2.05) is 18.5 Å². The van der Waals surface area contributed by atoms with Gasteiger partial charge in [-0.2, -0.15) is 5.10 Å². The molecule has 2 rings (SSSR count). The number of hydrogen-bond donors (Lipinski definition) is 1. The highest BCUT2D eigenvalue weighted by molar-refractivity contribution is 9.10. The van der Waals surface area contributed by atoms with Gasteiger partial charge >= 0.3 is 0 Å². The molecule has 4 nitrogen and oxygen atoms in total. The Morgan fingerprint density at radius 1 is 1.60 bits per heavy atom. The van der Waals surface area contributed by atoms with Gasteiger partial charge in [-0.15, -0.1) is 11.3 Å². The van der Waals surface area contributed by atoms with Gasteiger partial charge < -0.3 is 5.73 Å². The molecule has 0 bridgehead atoms. The summed E-state index contributed by atoms with van der Waals surface area (Å²) in [5.41, 5.74) is 5.47. The van der Waals surface area contributed by atoms with Crippen LogP contribution in [0.5, 0.6) is 0 Å². The Morgan fingerprint density at radius 2 is 2.40 bits per heavy atom. The molecule has 2 heterocycles. The third kappa shape index (κ3) is 2.27. The molecule has 0 spiro atoms. The van der Waals surface area contributed by atoms with E-state index in [1.165, 1.54) is 0 Å². The molecule has 2 aromatic rings. The molecule has 0 saturated carbocycles. The highest BCUT2D eigenvalue weighted by Gasteiger charge is 2.10. The van der Waals surface area contributed by atoms with Crippen molar-refractivity contribution in [2.45, 2.75) is 6.42 Å². The van der Waals surface area contributed by atoms with Crippen molar-refractivity contribution in [3.63, 3.8) is 0 Å². The highest BCUT2D eigenvalue weighted by Crippen LogP contribution is 2.28. The largest absolute Gasteiger partial charge is 0.330 e. The third-order valence-electron chi connectivity index (χ3n) is 1.96. The Hall–Kier alpha value is -0.720. The molecule has 0 fully saturated rings. The van der Waals surface area contributed by atoms with Crippen LogP contribution in [0.15, 0.2) is 15.9 Å². The molecule has 15 heavy (non-hydrogen) atoms. The van der Waals surface area contributed by atoms with Gasteiger partial charge in [0.1, 0.15) is 0 Å². The van der Waals surface area contributed by atoms with E-state index in [2.05, 4.69) is 26.0 Å². The summed E-state index contributed by atoms with van der Waals surface area (Å²) in [5, 5.41) is 6.34. The van der Waals surface area contributed by atoms with Crippen molar-refractivity contribution in [1.82, 2.24) is 14.8 Å². The molecule has 0 atom stereocenters. The van der Waals surface area contributed by atoms with Crippen molar-refractivity contribution in [3.05, 3.63) is 21.7 Å². The second kappa shape index (κ2) is 4.42. The minimum absolute atomic E-state index is 0.581. The van der Waals surface area contributed by atoms with E-state index in [0.29, 0.717) is 6.54 Å². The number of halogens is 1. The number of nitrogens with two attached hydrogens (primary N) is 1. The number of hydrogen-bond acceptors (Lipinski definition) is 4. The van der Waals surface area contributed by atoms with Crippen molar-refractivity contribution < 1.29 is 0 Å². The average molecular weight is 287 g/mol. The number of aryl methyl sites for hydroxylation is 1. The molecular weight excluding hydrogens is 276 g/mol. The topological polar surface area (TPSA) is 56.7 Å². The molecule has 0 aliphatic rings. The molecule has 0 aromatic carbocycles. The van der Waals surface area contributed by atoms with Crippen molar-refractivity contribution in [2.75, 3.05) is 6.54 Å². The van der Waals surface area contributed by atoms with Gasteiger partial charge in [0.05, 0.1) is 4.88 Å². The van der Waals surface area contributed by atoms with Crippen molar-refractivity contribution >= 4 is 27.3 Å². The summed E-state index contributed by atoms with van der Waals surface area (Å²) in [5.74, 6) is 1.70. The zero-order chi connectivity index (χ0) is 10.8. The van der Waals surface area contributed by atoms with Gasteiger partial charge in [0, 0.05) is 23.3 Å². The molecule has 2 aromatic heterocycles. The van der Waals surface area contributed by atoms with Gasteiger partial charge in [-0.05, 0) is 28.5 Å². The first-order valence-electron chi connectivity index (χ1n) is 4.55. The fourth-order valence-electron chi connectivity index (χ4n) is 1.32. The SMILES string of the molecule is Cn1nc(CCN)nc1-c1cc(Br)cs1. The zero-order valence-electron chi connectivity index (χ0n) is 8.27. The molecule has 80 valence electrons. The van der Waals surface area contributed by atoms with Crippen molar-refractivity contribution in [1.29, 1.82) is 0 Å². The standard InChI is InChI=1S/C9H11BrN4S/c1-14-9(7-4-6(10)5-15-7)12-8(13-14)2-3-11/h4-5H,2-3,11H2,1H3. The first-order chi connectivity index (χ1) is 7.20. The fraction of sp³-hybridized carbons (Fsp3) is 0.333. The van der Waals surface area contributed by atoms with Crippen molar-refractivity contribution in [3.8, 4) is 10.7 Å². The van der Waals surface area contributed by atoms with Crippen LogP contribution in [0.2, 0.25) is 0 Å². The zero-order valence-corrected chi connectivity index (χ0v) is 10.7. The minimum Gasteiger partial charge on any atom is -0.330 e. The lowest BCUT2D eigenvalue weighted by Gasteiger charge is -1.93. The summed E-state index contributed by atoms with van der Waals surface area (Å²) >= 11 is 5.07. The number of thiophene rings is 1. The van der Waals surface area contributed by atoms with E-state index in [0.717, 1.165) is 27.4 Å². The lowest BCUT2D eigenvalue weighted by molar-refractivity contribution is 0.745. The molecule has 0 unspecified atom stereocenters. The molecule has 2 N–H and O–H groups in total. The molecule has 6 heteroatoms. The normalized spacial score (nSPS) is 10.9. The van der Waals surface area contributed by atoms with Gasteiger partial charge in [0.25, 0.3) is 0 Å². The Kier molecular flexibility index (Phi) is 3.18. The maximum Gasteiger partial charge on any atom is 0.168 e. The summed E-state index contributed by atoms with van der Waals surface area (Å²) in [6, 6.07) is 2.04. The summed E-state index contributed by atoms with van der Waals surface area (Å²) in [6.45, 7) is 0.581. The van der Waals surface area contributed by atoms with Crippen LogP contribution in [0.4, 0.5) is 0 Å². The molecule has 0 amide bonds. The third-order valence-corrected chi connectivity index (χ3v) is 3.65. The smallest absolute Gasteiger partial charge is 0.168 e. The van der Waals surface area contributed by atoms with Crippen LogP contribution in [0.1, 0.15) is 5.82 Å². The van der Waals surface area contributed by atoms with E-state index in [-0.39, 0.29) is 0 Å². The predicted molar refractivity (Wildman–Crippen MR) is 64.8 cm³/mol. The van der Waals surface area contributed by atoms with E-state index < -0.39 is 0 Å². The number of nitrogens with zero attached hydrogens (tertiary/aromatic N) is 3. The Morgan fingerprint density at radius 3 is 3.00 bits per heavy atom. The number of aromatic nitrogens is 3. The Balaban J connectivity index is 2.35. The van der Waals surface area contributed by atoms with Crippen LogP contribution < -0.4 is 5.73 Å². The minimum atomic E-state index is 0.581. The molecule has 0 aliphatic carbocycles. The highest BCUT2D eigenvalue weighted by atomic mass is 79.9. The van der Waals surface area contributed by atoms with Crippen LogP contribution in [0.25, 0.3) is 10.7 Å². The maximum absolute atomic E-state index is 5.47. The fourth-order valence-corrected chi connectivity index (χ4v) is 2.76. The second-order valence-electron chi connectivity index (χ2n) is 3.14. The van der Waals surface area contributed by atoms with E-state index in [9.17, 15) is 0 Å². The summed E-state index contributed by atoms with van der Waals surface area (Å²) in [4.78, 5) is 5.56. The summed E-state index contributed by atoms with van der Waals surface area (Å²) in [7, 11) is 1.90.